The van der Waals surface area contributed by atoms with Crippen molar-refractivity contribution in [3.8, 4) is 11.3 Å². The maximum Gasteiger partial charge on any atom is 0.275 e. The fourth-order valence-corrected chi connectivity index (χ4v) is 1.65. The van der Waals surface area contributed by atoms with Gasteiger partial charge in [-0.3, -0.25) is 10.1 Å². The zero-order valence-electron chi connectivity index (χ0n) is 9.55. The van der Waals surface area contributed by atoms with Gasteiger partial charge in [0.2, 0.25) is 0 Å². The van der Waals surface area contributed by atoms with E-state index in [1.165, 1.54) is 18.2 Å². The minimum atomic E-state index is -0.559. The molecule has 0 atom stereocenters. The van der Waals surface area contributed by atoms with Gasteiger partial charge in [0.1, 0.15) is 11.6 Å². The van der Waals surface area contributed by atoms with E-state index >= 15 is 0 Å². The molecule has 2 N–H and O–H groups in total. The summed E-state index contributed by atoms with van der Waals surface area (Å²) in [5.74, 6) is -0.398. The first-order valence-corrected chi connectivity index (χ1v) is 5.16. The van der Waals surface area contributed by atoms with Crippen LogP contribution >= 0.6 is 0 Å². The van der Waals surface area contributed by atoms with Gasteiger partial charge in [-0.2, -0.15) is 0 Å². The van der Waals surface area contributed by atoms with E-state index < -0.39 is 10.7 Å². The summed E-state index contributed by atoms with van der Waals surface area (Å²) in [6.07, 6.45) is 0. The molecule has 1 aromatic heterocycles. The molecular weight excluding hydrogens is 237 g/mol. The van der Waals surface area contributed by atoms with Crippen LogP contribution < -0.4 is 5.73 Å². The Kier molecular flexibility index (Phi) is 2.93. The second kappa shape index (κ2) is 4.40. The molecule has 18 heavy (non-hydrogen) atoms. The number of halogens is 1. The van der Waals surface area contributed by atoms with Gasteiger partial charge >= 0.3 is 0 Å². The summed E-state index contributed by atoms with van der Waals surface area (Å²) < 4.78 is 13.2. The van der Waals surface area contributed by atoms with E-state index in [0.29, 0.717) is 11.3 Å². The topological polar surface area (TPSA) is 82.0 Å². The van der Waals surface area contributed by atoms with Gasteiger partial charge in [-0.05, 0) is 24.6 Å². The van der Waals surface area contributed by atoms with E-state index in [1.54, 1.807) is 13.0 Å². The number of anilines is 1. The third-order valence-corrected chi connectivity index (χ3v) is 2.52. The molecule has 1 aromatic carbocycles. The molecule has 0 spiro atoms. The van der Waals surface area contributed by atoms with Crippen LogP contribution in [0.1, 0.15) is 5.56 Å². The Morgan fingerprint density at radius 2 is 2.06 bits per heavy atom. The highest BCUT2D eigenvalue weighted by atomic mass is 19.1. The number of benzene rings is 1. The average molecular weight is 247 g/mol. The van der Waals surface area contributed by atoms with Crippen molar-refractivity contribution in [1.82, 2.24) is 4.98 Å². The standard InChI is InChI=1S/C12H10FN3O2/c1-7-2-3-8(13)4-10(7)11-5-9(16(17)18)6-12(14)15-11/h2-6H,1H3,(H2,14,15). The van der Waals surface area contributed by atoms with Gasteiger partial charge in [0.05, 0.1) is 16.7 Å². The lowest BCUT2D eigenvalue weighted by atomic mass is 10.0. The number of aromatic nitrogens is 1. The molecule has 0 aliphatic rings. The Bertz CT molecular complexity index is 629. The molecule has 2 rings (SSSR count). The predicted molar refractivity (Wildman–Crippen MR) is 65.4 cm³/mol. The van der Waals surface area contributed by atoms with Crippen LogP contribution in [0.5, 0.6) is 0 Å². The smallest absolute Gasteiger partial charge is 0.275 e. The number of nitro groups is 1. The molecule has 2 aromatic rings. The molecule has 0 aliphatic carbocycles. The van der Waals surface area contributed by atoms with Crippen LogP contribution in [0.25, 0.3) is 11.3 Å². The average Bonchev–Trinajstić information content (AvgIpc) is 2.31. The second-order valence-corrected chi connectivity index (χ2v) is 3.85. The molecule has 5 nitrogen and oxygen atoms in total. The first-order valence-electron chi connectivity index (χ1n) is 5.16. The van der Waals surface area contributed by atoms with Crippen molar-refractivity contribution in [1.29, 1.82) is 0 Å². The highest BCUT2D eigenvalue weighted by Crippen LogP contribution is 2.27. The minimum absolute atomic E-state index is 0.0304. The van der Waals surface area contributed by atoms with Crippen LogP contribution in [0.2, 0.25) is 0 Å². The Morgan fingerprint density at radius 1 is 1.33 bits per heavy atom. The van der Waals surface area contributed by atoms with Gasteiger partial charge in [0.15, 0.2) is 0 Å². The number of nitrogens with two attached hydrogens (primary N) is 1. The highest BCUT2D eigenvalue weighted by molar-refractivity contribution is 5.67. The molecule has 0 radical (unpaired) electrons. The summed E-state index contributed by atoms with van der Waals surface area (Å²) in [6, 6.07) is 6.62. The molecule has 1 heterocycles. The fourth-order valence-electron chi connectivity index (χ4n) is 1.65. The van der Waals surface area contributed by atoms with Crippen LogP contribution in [0.3, 0.4) is 0 Å². The van der Waals surface area contributed by atoms with Crippen molar-refractivity contribution in [2.45, 2.75) is 6.92 Å². The number of pyridine rings is 1. The highest BCUT2D eigenvalue weighted by Gasteiger charge is 2.13. The summed E-state index contributed by atoms with van der Waals surface area (Å²) in [5, 5.41) is 10.7. The zero-order valence-corrected chi connectivity index (χ0v) is 9.55. The molecule has 0 amide bonds. The second-order valence-electron chi connectivity index (χ2n) is 3.85. The van der Waals surface area contributed by atoms with Gasteiger partial charge in [0, 0.05) is 11.6 Å². The van der Waals surface area contributed by atoms with Crippen LogP contribution in [-0.4, -0.2) is 9.91 Å². The first-order chi connectivity index (χ1) is 8.47. The van der Waals surface area contributed by atoms with Gasteiger partial charge in [-0.25, -0.2) is 9.37 Å². The molecule has 6 heteroatoms. The van der Waals surface area contributed by atoms with Crippen molar-refractivity contribution in [2.24, 2.45) is 0 Å². The summed E-state index contributed by atoms with van der Waals surface area (Å²) >= 11 is 0. The number of rotatable bonds is 2. The lowest BCUT2D eigenvalue weighted by Gasteiger charge is -2.06. The monoisotopic (exact) mass is 247 g/mol. The number of hydrogen-bond donors (Lipinski definition) is 1. The van der Waals surface area contributed by atoms with Crippen molar-refractivity contribution in [3.05, 3.63) is 51.8 Å². The van der Waals surface area contributed by atoms with Crippen LogP contribution in [0.4, 0.5) is 15.9 Å². The van der Waals surface area contributed by atoms with Gasteiger partial charge in [0.25, 0.3) is 5.69 Å². The third-order valence-electron chi connectivity index (χ3n) is 2.52. The van der Waals surface area contributed by atoms with E-state index in [4.69, 9.17) is 5.73 Å². The van der Waals surface area contributed by atoms with Crippen LogP contribution in [0.15, 0.2) is 30.3 Å². The molecule has 0 bridgehead atoms. The van der Waals surface area contributed by atoms with Crippen molar-refractivity contribution < 1.29 is 9.31 Å². The molecule has 92 valence electrons. The van der Waals surface area contributed by atoms with Crippen molar-refractivity contribution >= 4 is 11.5 Å². The Morgan fingerprint density at radius 3 is 2.72 bits per heavy atom. The summed E-state index contributed by atoms with van der Waals surface area (Å²) in [7, 11) is 0. The Balaban J connectivity index is 2.63. The van der Waals surface area contributed by atoms with E-state index in [2.05, 4.69) is 4.98 Å². The molecule has 0 aliphatic heterocycles. The Hall–Kier alpha value is -2.50. The summed E-state index contributed by atoms with van der Waals surface area (Å²) in [5.41, 5.74) is 6.90. The third kappa shape index (κ3) is 2.27. The molecule has 0 saturated heterocycles. The Labute approximate surface area is 102 Å². The normalized spacial score (nSPS) is 10.3. The van der Waals surface area contributed by atoms with Crippen molar-refractivity contribution in [2.75, 3.05) is 5.73 Å². The summed E-state index contributed by atoms with van der Waals surface area (Å²) in [6.45, 7) is 1.77. The van der Waals surface area contributed by atoms with Gasteiger partial charge in [-0.15, -0.1) is 0 Å². The number of hydrogen-bond acceptors (Lipinski definition) is 4. The van der Waals surface area contributed by atoms with Gasteiger partial charge < -0.3 is 5.73 Å². The lowest BCUT2D eigenvalue weighted by Crippen LogP contribution is -1.97. The van der Waals surface area contributed by atoms with E-state index in [0.717, 1.165) is 11.6 Å². The van der Waals surface area contributed by atoms with E-state index in [1.807, 2.05) is 0 Å². The fraction of sp³-hybridized carbons (Fsp3) is 0.0833. The molecule has 0 unspecified atom stereocenters. The maximum atomic E-state index is 13.2. The lowest BCUT2D eigenvalue weighted by molar-refractivity contribution is -0.384. The first kappa shape index (κ1) is 12.0. The number of nitrogen functional groups attached to an aromatic ring is 1. The van der Waals surface area contributed by atoms with E-state index in [-0.39, 0.29) is 11.5 Å². The predicted octanol–water partition coefficient (Wildman–Crippen LogP) is 2.69. The molecule has 0 fully saturated rings. The maximum absolute atomic E-state index is 13.2. The molecule has 0 saturated carbocycles. The number of nitrogens with zero attached hydrogens (tertiary/aromatic N) is 2. The van der Waals surface area contributed by atoms with Crippen LogP contribution in [-0.2, 0) is 0 Å². The zero-order chi connectivity index (χ0) is 13.3. The van der Waals surface area contributed by atoms with Crippen molar-refractivity contribution in [3.63, 3.8) is 0 Å². The quantitative estimate of drug-likeness (QED) is 0.653. The SMILES string of the molecule is Cc1ccc(F)cc1-c1cc([N+](=O)[O-])cc(N)n1. The largest absolute Gasteiger partial charge is 0.383 e. The van der Waals surface area contributed by atoms with Crippen LogP contribution in [0, 0.1) is 22.9 Å². The molecular formula is C12H10FN3O2. The number of aryl methyl sites for hydroxylation is 1. The summed E-state index contributed by atoms with van der Waals surface area (Å²) in [4.78, 5) is 14.2. The van der Waals surface area contributed by atoms with E-state index in [9.17, 15) is 14.5 Å². The minimum Gasteiger partial charge on any atom is -0.383 e. The van der Waals surface area contributed by atoms with Gasteiger partial charge in [-0.1, -0.05) is 6.07 Å².